The van der Waals surface area contributed by atoms with E-state index < -0.39 is 45.3 Å². The zero-order valence-corrected chi connectivity index (χ0v) is 18.5. The zero-order valence-electron chi connectivity index (χ0n) is 16.2. The van der Waals surface area contributed by atoms with Gasteiger partial charge in [0.1, 0.15) is 15.8 Å². The Morgan fingerprint density at radius 3 is 2.35 bits per heavy atom. The first-order chi connectivity index (χ1) is 14.4. The highest BCUT2D eigenvalue weighted by molar-refractivity contribution is 6.52. The Hall–Kier alpha value is -2.42. The van der Waals surface area contributed by atoms with Crippen LogP contribution in [0.2, 0.25) is 5.02 Å². The Kier molecular flexibility index (Phi) is 6.45. The fourth-order valence-corrected chi connectivity index (χ4v) is 3.58. The molecule has 1 aliphatic rings. The fraction of sp³-hybridized carbons (Fsp3) is 0.250. The first-order valence-electron chi connectivity index (χ1n) is 8.94. The van der Waals surface area contributed by atoms with Gasteiger partial charge < -0.3 is 15.5 Å². The van der Waals surface area contributed by atoms with E-state index in [4.69, 9.17) is 34.8 Å². The van der Waals surface area contributed by atoms with Gasteiger partial charge in [0, 0.05) is 19.7 Å². The van der Waals surface area contributed by atoms with Crippen molar-refractivity contribution in [3.05, 3.63) is 52.6 Å². The quantitative estimate of drug-likeness (QED) is 0.580. The van der Waals surface area contributed by atoms with Crippen LogP contribution in [0.15, 0.2) is 30.3 Å². The van der Waals surface area contributed by atoms with Crippen molar-refractivity contribution in [1.29, 1.82) is 0 Å². The standard InChI is InChI=1S/C20H16Cl3F2N3O3/c1-9(29)26-17-14(24)5-6-15(16(17)25)28(2)19(31)11-7-10(3-4-13(11)21)27-18(30)12-8-20(12,22)23/h3-7,12H,8H2,1-2H3,(H,26,29)(H,27,30)/t12-/m1/s1. The summed E-state index contributed by atoms with van der Waals surface area (Å²) in [6.07, 6.45) is 0.310. The molecule has 31 heavy (non-hydrogen) atoms. The summed E-state index contributed by atoms with van der Waals surface area (Å²) in [4.78, 5) is 37.3. The molecule has 164 valence electrons. The minimum atomic E-state index is -1.12. The Morgan fingerprint density at radius 1 is 1.13 bits per heavy atom. The Labute approximate surface area is 191 Å². The smallest absolute Gasteiger partial charge is 0.259 e. The van der Waals surface area contributed by atoms with Crippen LogP contribution in [-0.4, -0.2) is 29.1 Å². The third kappa shape index (κ3) is 4.92. The summed E-state index contributed by atoms with van der Waals surface area (Å²) in [7, 11) is 1.26. The van der Waals surface area contributed by atoms with E-state index >= 15 is 0 Å². The van der Waals surface area contributed by atoms with Crippen LogP contribution < -0.4 is 15.5 Å². The number of nitrogens with one attached hydrogen (secondary N) is 2. The first-order valence-corrected chi connectivity index (χ1v) is 10.1. The highest BCUT2D eigenvalue weighted by Crippen LogP contribution is 2.53. The molecule has 2 aromatic carbocycles. The van der Waals surface area contributed by atoms with Gasteiger partial charge in [0.25, 0.3) is 5.91 Å². The van der Waals surface area contributed by atoms with Gasteiger partial charge in [-0.15, -0.1) is 23.2 Å². The van der Waals surface area contributed by atoms with Gasteiger partial charge in [-0.05, 0) is 36.8 Å². The Morgan fingerprint density at radius 2 is 1.77 bits per heavy atom. The van der Waals surface area contributed by atoms with Gasteiger partial charge in [0.15, 0.2) is 5.82 Å². The lowest BCUT2D eigenvalue weighted by Crippen LogP contribution is -2.28. The molecule has 6 nitrogen and oxygen atoms in total. The molecule has 3 amide bonds. The van der Waals surface area contributed by atoms with Crippen LogP contribution in [0, 0.1) is 17.6 Å². The molecular formula is C20H16Cl3F2N3O3. The van der Waals surface area contributed by atoms with Gasteiger partial charge in [-0.3, -0.25) is 14.4 Å². The Bertz CT molecular complexity index is 1090. The molecule has 1 saturated carbocycles. The van der Waals surface area contributed by atoms with E-state index in [1.54, 1.807) is 0 Å². The van der Waals surface area contributed by atoms with Crippen molar-refractivity contribution in [3.63, 3.8) is 0 Å². The molecule has 0 saturated heterocycles. The molecule has 0 aliphatic heterocycles. The second kappa shape index (κ2) is 8.61. The summed E-state index contributed by atoms with van der Waals surface area (Å²) in [5, 5.41) is 4.71. The van der Waals surface area contributed by atoms with Gasteiger partial charge in [-0.1, -0.05) is 11.6 Å². The van der Waals surface area contributed by atoms with Crippen LogP contribution in [0.25, 0.3) is 0 Å². The molecule has 0 spiro atoms. The first kappa shape index (κ1) is 23.2. The van der Waals surface area contributed by atoms with Crippen molar-refractivity contribution in [2.75, 3.05) is 22.6 Å². The summed E-state index contributed by atoms with van der Waals surface area (Å²) in [5.74, 6) is -4.51. The molecular weight excluding hydrogens is 475 g/mol. The molecule has 0 aromatic heterocycles. The molecule has 1 aliphatic carbocycles. The number of carbonyl (C=O) groups excluding carboxylic acids is 3. The van der Waals surface area contributed by atoms with E-state index in [9.17, 15) is 23.2 Å². The lowest BCUT2D eigenvalue weighted by Gasteiger charge is -2.21. The van der Waals surface area contributed by atoms with Crippen molar-refractivity contribution in [2.24, 2.45) is 5.92 Å². The minimum absolute atomic E-state index is 0.0365. The molecule has 11 heteroatoms. The van der Waals surface area contributed by atoms with Crippen LogP contribution in [0.1, 0.15) is 23.7 Å². The lowest BCUT2D eigenvalue weighted by atomic mass is 10.1. The number of hydrogen-bond acceptors (Lipinski definition) is 3. The lowest BCUT2D eigenvalue weighted by molar-refractivity contribution is -0.117. The van der Waals surface area contributed by atoms with Crippen molar-refractivity contribution in [3.8, 4) is 0 Å². The molecule has 2 aromatic rings. The molecule has 0 unspecified atom stereocenters. The van der Waals surface area contributed by atoms with Crippen molar-refractivity contribution < 1.29 is 23.2 Å². The van der Waals surface area contributed by atoms with E-state index in [1.807, 2.05) is 0 Å². The summed E-state index contributed by atoms with van der Waals surface area (Å²) in [5.41, 5.74) is -0.731. The molecule has 1 fully saturated rings. The van der Waals surface area contributed by atoms with Crippen LogP contribution >= 0.6 is 34.8 Å². The van der Waals surface area contributed by atoms with Crippen molar-refractivity contribution in [2.45, 2.75) is 17.7 Å². The second-order valence-corrected chi connectivity index (χ2v) is 8.95. The van der Waals surface area contributed by atoms with E-state index in [1.165, 1.54) is 25.2 Å². The third-order valence-electron chi connectivity index (χ3n) is 4.64. The maximum atomic E-state index is 14.8. The van der Waals surface area contributed by atoms with Crippen molar-refractivity contribution >= 4 is 69.6 Å². The van der Waals surface area contributed by atoms with Gasteiger partial charge >= 0.3 is 0 Å². The molecule has 0 heterocycles. The number of hydrogen-bond donors (Lipinski definition) is 2. The molecule has 0 radical (unpaired) electrons. The molecule has 1 atom stereocenters. The van der Waals surface area contributed by atoms with E-state index in [0.29, 0.717) is 6.42 Å². The van der Waals surface area contributed by atoms with Gasteiger partial charge in [0.05, 0.1) is 22.2 Å². The normalized spacial score (nSPS) is 16.4. The summed E-state index contributed by atoms with van der Waals surface area (Å²) >= 11 is 17.9. The van der Waals surface area contributed by atoms with Crippen molar-refractivity contribution in [1.82, 2.24) is 0 Å². The minimum Gasteiger partial charge on any atom is -0.326 e. The summed E-state index contributed by atoms with van der Waals surface area (Å²) < 4.78 is 27.6. The zero-order chi connectivity index (χ0) is 23.1. The van der Waals surface area contributed by atoms with Crippen LogP contribution in [0.4, 0.5) is 25.8 Å². The fourth-order valence-electron chi connectivity index (χ4n) is 2.88. The predicted molar refractivity (Wildman–Crippen MR) is 116 cm³/mol. The second-order valence-electron chi connectivity index (χ2n) is 7.00. The summed E-state index contributed by atoms with van der Waals surface area (Å²) in [6, 6.07) is 6.18. The van der Waals surface area contributed by atoms with E-state index in [0.717, 1.165) is 24.0 Å². The number of nitrogens with zero attached hydrogens (tertiary/aromatic N) is 1. The van der Waals surface area contributed by atoms with Gasteiger partial charge in [0.2, 0.25) is 11.8 Å². The maximum Gasteiger partial charge on any atom is 0.259 e. The summed E-state index contributed by atoms with van der Waals surface area (Å²) in [6.45, 7) is 1.10. The van der Waals surface area contributed by atoms with Crippen LogP contribution in [0.3, 0.4) is 0 Å². The highest BCUT2D eigenvalue weighted by atomic mass is 35.5. The highest BCUT2D eigenvalue weighted by Gasteiger charge is 2.56. The average Bonchev–Trinajstić information content (AvgIpc) is 3.34. The van der Waals surface area contributed by atoms with Gasteiger partial charge in [-0.2, -0.15) is 0 Å². The monoisotopic (exact) mass is 489 g/mol. The number of benzene rings is 2. The third-order valence-corrected chi connectivity index (χ3v) is 5.81. The molecule has 0 bridgehead atoms. The van der Waals surface area contributed by atoms with E-state index in [-0.39, 0.29) is 22.0 Å². The number of rotatable bonds is 5. The molecule has 3 rings (SSSR count). The largest absolute Gasteiger partial charge is 0.326 e. The van der Waals surface area contributed by atoms with E-state index in [2.05, 4.69) is 10.6 Å². The number of alkyl halides is 2. The number of amides is 3. The topological polar surface area (TPSA) is 78.5 Å². The number of carbonyl (C=O) groups is 3. The number of halogens is 5. The SMILES string of the molecule is CC(=O)Nc1c(F)ccc(N(C)C(=O)c2cc(NC(=O)[C@H]3CC3(Cl)Cl)ccc2Cl)c1F. The molecule has 2 N–H and O–H groups in total. The van der Waals surface area contributed by atoms with Crippen LogP contribution in [0.5, 0.6) is 0 Å². The maximum absolute atomic E-state index is 14.8. The predicted octanol–water partition coefficient (Wildman–Crippen LogP) is 4.99. The Balaban J connectivity index is 1.87. The van der Waals surface area contributed by atoms with Crippen LogP contribution in [-0.2, 0) is 9.59 Å². The van der Waals surface area contributed by atoms with Gasteiger partial charge in [-0.25, -0.2) is 8.78 Å². The average molecular weight is 491 g/mol. The number of anilines is 3.